The maximum absolute atomic E-state index is 7.85. The first-order valence-electron chi connectivity index (χ1n) is 33.3. The van der Waals surface area contributed by atoms with Gasteiger partial charge in [0.2, 0.25) is 17.5 Å². The molecular formula is C85H53B2N7O3. The monoisotopic (exact) mass is 1240 g/mol. The zero-order valence-corrected chi connectivity index (χ0v) is 52.6. The van der Waals surface area contributed by atoms with Gasteiger partial charge >= 0.3 is 13.7 Å². The number of anilines is 4. The van der Waals surface area contributed by atoms with Gasteiger partial charge in [-0.15, -0.1) is 0 Å². The minimum atomic E-state index is -0.320. The molecule has 10 nitrogen and oxygen atoms in total. The average Bonchev–Trinajstić information content (AvgIpc) is 1.66. The first-order valence-corrected chi connectivity index (χ1v) is 33.3. The Kier molecular flexibility index (Phi) is 10.6. The molecule has 0 atom stereocenters. The number of fused-ring (bicyclic) bond motifs is 20. The molecule has 12 heteroatoms. The Morgan fingerprint density at radius 3 is 1.67 bits per heavy atom. The molecule has 0 saturated heterocycles. The van der Waals surface area contributed by atoms with Crippen LogP contribution in [-0.2, 0) is 0 Å². The number of ether oxygens (including phenoxy) is 2. The van der Waals surface area contributed by atoms with Gasteiger partial charge in [0.25, 0.3) is 0 Å². The fraction of sp³-hybridized carbons (Fsp3) is 0.0235. The van der Waals surface area contributed by atoms with E-state index in [2.05, 4.69) is 327 Å². The van der Waals surface area contributed by atoms with E-state index in [-0.39, 0.29) is 13.7 Å². The maximum atomic E-state index is 7.85. The van der Waals surface area contributed by atoms with Gasteiger partial charge in [0.05, 0.1) is 66.8 Å². The standard InChI is InChI=1S/C85H53B2N7O3/c1-50-45-46-55(51(2)77(50)87-65-35-12-7-28-57(65)61-32-22-44-75-78(61)93(87)80-63-31-10-16-39-69(63)90(83(80)96-75)54-26-20-25-53(49-54)89-67-37-14-8-29-58(67)59-30-9-15-38-68(59)89)60-47-48-73(92-72-42-19-18-41-71(72)91-70-40-17-13-36-66(70)88-85(91)92)81-76(60)82-84(97-81)94-79-62(33-21-43-74(79)95-82)56-27-6-11-34-64(56)86(94)52-23-4-3-5-24-52/h3-49H,1-2H3. The largest absolute Gasteiger partial charge is 0.449 e. The van der Waals surface area contributed by atoms with Gasteiger partial charge in [0.1, 0.15) is 5.69 Å². The molecule has 13 aromatic carbocycles. The first kappa shape index (κ1) is 52.8. The average molecular weight is 1240 g/mol. The SMILES string of the molecule is Cc1ccc(-c2ccc(-n3c4ccccc4n4c5ccccc5nc34)c3oc4c(c23)Oc2cccc3c2N4B(c2ccccc2)c2ccccc2-3)c(C)c1B1c2ccccc2-c2cccc3c2N1c1c(n(-c2cccc(-n4c5ccccc5c5ccccc54)c2)c2ccccc12)O3. The number of furan rings is 1. The van der Waals surface area contributed by atoms with Gasteiger partial charge in [-0.2, -0.15) is 0 Å². The molecule has 4 aliphatic heterocycles. The molecule has 0 amide bonds. The summed E-state index contributed by atoms with van der Waals surface area (Å²) in [5.41, 5.74) is 27.7. The normalized spacial score (nSPS) is 13.3. The van der Waals surface area contributed by atoms with E-state index in [0.717, 1.165) is 140 Å². The molecule has 0 fully saturated rings. The summed E-state index contributed by atoms with van der Waals surface area (Å²) in [4.78, 5) is 10.5. The van der Waals surface area contributed by atoms with Crippen LogP contribution in [0.5, 0.6) is 23.1 Å². The number of benzene rings is 13. The highest BCUT2D eigenvalue weighted by atomic mass is 16.5. The molecule has 0 radical (unpaired) electrons. The van der Waals surface area contributed by atoms with Crippen molar-refractivity contribution in [1.82, 2.24) is 23.1 Å². The van der Waals surface area contributed by atoms with Crippen LogP contribution in [0.15, 0.2) is 290 Å². The highest BCUT2D eigenvalue weighted by molar-refractivity contribution is 6.92. The first-order chi connectivity index (χ1) is 48.0. The Labute approximate surface area is 557 Å². The van der Waals surface area contributed by atoms with E-state index in [1.54, 1.807) is 0 Å². The van der Waals surface area contributed by atoms with E-state index < -0.39 is 0 Å². The van der Waals surface area contributed by atoms with Crippen molar-refractivity contribution < 1.29 is 13.9 Å². The predicted molar refractivity (Wildman–Crippen MR) is 396 cm³/mol. The minimum absolute atomic E-state index is 0.252. The van der Waals surface area contributed by atoms with Crippen molar-refractivity contribution in [3.63, 3.8) is 0 Å². The summed E-state index contributed by atoms with van der Waals surface area (Å²) >= 11 is 0. The summed E-state index contributed by atoms with van der Waals surface area (Å²) in [5, 5.41) is 4.40. The molecule has 97 heavy (non-hydrogen) atoms. The molecular weight excluding hydrogens is 1190 g/mol. The summed E-state index contributed by atoms with van der Waals surface area (Å²) < 4.78 is 32.2. The van der Waals surface area contributed by atoms with Crippen molar-refractivity contribution in [2.45, 2.75) is 13.8 Å². The van der Waals surface area contributed by atoms with Crippen LogP contribution in [0.4, 0.5) is 22.9 Å². The molecule has 452 valence electrons. The summed E-state index contributed by atoms with van der Waals surface area (Å²) in [6.45, 7) is 4.04. The quantitative estimate of drug-likeness (QED) is 0.155. The number of nitrogens with zero attached hydrogens (tertiary/aromatic N) is 7. The third kappa shape index (κ3) is 7.02. The second kappa shape index (κ2) is 19.5. The second-order valence-corrected chi connectivity index (χ2v) is 26.1. The predicted octanol–water partition coefficient (Wildman–Crippen LogP) is 18.6. The summed E-state index contributed by atoms with van der Waals surface area (Å²) in [5.74, 6) is 4.42. The third-order valence-electron chi connectivity index (χ3n) is 21.2. The Bertz CT molecular complexity index is 6440. The Morgan fingerprint density at radius 1 is 0.381 bits per heavy atom. The molecule has 0 unspecified atom stereocenters. The highest BCUT2D eigenvalue weighted by Crippen LogP contribution is 2.60. The van der Waals surface area contributed by atoms with Crippen LogP contribution in [0.25, 0.3) is 122 Å². The van der Waals surface area contributed by atoms with Crippen LogP contribution in [-0.4, -0.2) is 36.8 Å². The zero-order valence-electron chi connectivity index (χ0n) is 52.6. The number of hydrogen-bond acceptors (Lipinski definition) is 6. The number of aromatic nitrogens is 5. The van der Waals surface area contributed by atoms with Gasteiger partial charge in [0.15, 0.2) is 22.8 Å². The van der Waals surface area contributed by atoms with Gasteiger partial charge < -0.3 is 28.1 Å². The van der Waals surface area contributed by atoms with Gasteiger partial charge in [-0.25, -0.2) is 4.98 Å². The molecule has 0 bridgehead atoms. The lowest BCUT2D eigenvalue weighted by Crippen LogP contribution is -2.59. The molecule has 0 saturated carbocycles. The van der Waals surface area contributed by atoms with Crippen LogP contribution in [0.1, 0.15) is 11.1 Å². The van der Waals surface area contributed by atoms with Gasteiger partial charge in [0, 0.05) is 33.0 Å². The van der Waals surface area contributed by atoms with Gasteiger partial charge in [-0.3, -0.25) is 13.5 Å². The van der Waals surface area contributed by atoms with Crippen LogP contribution >= 0.6 is 0 Å². The van der Waals surface area contributed by atoms with Crippen molar-refractivity contribution in [2.75, 3.05) is 9.62 Å². The number of rotatable bonds is 6. The Hall–Kier alpha value is -12.7. The molecule has 22 rings (SSSR count). The van der Waals surface area contributed by atoms with Crippen LogP contribution in [0, 0.1) is 13.8 Å². The van der Waals surface area contributed by atoms with Crippen molar-refractivity contribution in [3.05, 3.63) is 296 Å². The molecule has 9 heterocycles. The van der Waals surface area contributed by atoms with Crippen molar-refractivity contribution in [1.29, 1.82) is 0 Å². The van der Waals surface area contributed by atoms with Crippen molar-refractivity contribution >= 4 is 130 Å². The van der Waals surface area contributed by atoms with E-state index in [4.69, 9.17) is 18.9 Å². The van der Waals surface area contributed by atoms with E-state index >= 15 is 0 Å². The Morgan fingerprint density at radius 2 is 0.938 bits per heavy atom. The summed E-state index contributed by atoms with van der Waals surface area (Å²) in [7, 11) is 0. The zero-order chi connectivity index (χ0) is 63.5. The third-order valence-corrected chi connectivity index (χ3v) is 21.2. The lowest BCUT2D eigenvalue weighted by molar-refractivity contribution is 0.451. The Balaban J connectivity index is 0.794. The molecule has 5 aromatic heterocycles. The lowest BCUT2D eigenvalue weighted by Gasteiger charge is -2.43. The summed E-state index contributed by atoms with van der Waals surface area (Å²) in [6.07, 6.45) is 0. The van der Waals surface area contributed by atoms with E-state index in [1.807, 2.05) is 0 Å². The minimum Gasteiger partial charge on any atom is -0.449 e. The topological polar surface area (TPSA) is 70.2 Å². The van der Waals surface area contributed by atoms with Crippen LogP contribution in [0.2, 0.25) is 0 Å². The fourth-order valence-electron chi connectivity index (χ4n) is 17.3. The summed E-state index contributed by atoms with van der Waals surface area (Å²) in [6, 6.07) is 103. The lowest BCUT2D eigenvalue weighted by atomic mass is 9.43. The molecule has 4 aliphatic rings. The van der Waals surface area contributed by atoms with E-state index in [9.17, 15) is 0 Å². The number of aryl methyl sites for hydroxylation is 1. The van der Waals surface area contributed by atoms with Crippen molar-refractivity contribution in [3.8, 4) is 73.6 Å². The number of hydrogen-bond donors (Lipinski definition) is 0. The second-order valence-electron chi connectivity index (χ2n) is 26.1. The van der Waals surface area contributed by atoms with Gasteiger partial charge in [-0.1, -0.05) is 217 Å². The smallest absolute Gasteiger partial charge is 0.332 e. The van der Waals surface area contributed by atoms with E-state index in [0.29, 0.717) is 17.2 Å². The fourth-order valence-corrected chi connectivity index (χ4v) is 17.3. The van der Waals surface area contributed by atoms with Crippen LogP contribution in [0.3, 0.4) is 0 Å². The van der Waals surface area contributed by atoms with E-state index in [1.165, 1.54) is 43.9 Å². The number of imidazole rings is 2. The molecule has 18 aromatic rings. The molecule has 0 aliphatic carbocycles. The van der Waals surface area contributed by atoms with Gasteiger partial charge in [-0.05, 0) is 137 Å². The molecule has 0 N–H and O–H groups in total. The highest BCUT2D eigenvalue weighted by Gasteiger charge is 2.48. The number of para-hydroxylation sites is 9. The maximum Gasteiger partial charge on any atom is 0.332 e. The van der Waals surface area contributed by atoms with Crippen molar-refractivity contribution in [2.24, 2.45) is 0 Å². The van der Waals surface area contributed by atoms with Crippen LogP contribution < -0.4 is 40.9 Å². The molecule has 0 spiro atoms.